The predicted molar refractivity (Wildman–Crippen MR) is 111 cm³/mol. The van der Waals surface area contributed by atoms with Crippen LogP contribution in [0.1, 0.15) is 15.9 Å². The number of amides is 1. The van der Waals surface area contributed by atoms with Crippen molar-refractivity contribution in [3.05, 3.63) is 94.0 Å². The Bertz CT molecular complexity index is 1100. The van der Waals surface area contributed by atoms with Crippen molar-refractivity contribution in [1.29, 1.82) is 0 Å². The van der Waals surface area contributed by atoms with E-state index >= 15 is 0 Å². The van der Waals surface area contributed by atoms with Crippen LogP contribution >= 0.6 is 23.2 Å². The summed E-state index contributed by atoms with van der Waals surface area (Å²) in [5.74, 6) is -0.414. The number of carbonyl (C=O) groups is 1. The first-order chi connectivity index (χ1) is 13.3. The first kappa shape index (κ1) is 20.2. The molecular formula is C20H16Cl2N2O3S. The number of hydrogen-bond donors (Lipinski definition) is 2. The number of carbonyl (C=O) groups excluding carboxylic acids is 1. The Labute approximate surface area is 173 Å². The topological polar surface area (TPSA) is 75.3 Å². The summed E-state index contributed by atoms with van der Waals surface area (Å²) in [6.45, 7) is 0.189. The second-order valence-corrected chi connectivity index (χ2v) is 8.44. The van der Waals surface area contributed by atoms with Crippen LogP contribution in [-0.4, -0.2) is 14.3 Å². The van der Waals surface area contributed by atoms with Crippen LogP contribution in [0.3, 0.4) is 0 Å². The van der Waals surface area contributed by atoms with Crippen molar-refractivity contribution in [1.82, 2.24) is 5.32 Å². The first-order valence-corrected chi connectivity index (χ1v) is 10.5. The lowest BCUT2D eigenvalue weighted by Crippen LogP contribution is -2.23. The molecule has 2 N–H and O–H groups in total. The third-order valence-electron chi connectivity index (χ3n) is 3.89. The minimum absolute atomic E-state index is 0.00599. The summed E-state index contributed by atoms with van der Waals surface area (Å²) in [7, 11) is -3.81. The molecule has 0 aliphatic heterocycles. The van der Waals surface area contributed by atoms with Crippen molar-refractivity contribution in [3.63, 3.8) is 0 Å². The first-order valence-electron chi connectivity index (χ1n) is 8.25. The largest absolute Gasteiger partial charge is 0.348 e. The lowest BCUT2D eigenvalue weighted by molar-refractivity contribution is 0.0950. The van der Waals surface area contributed by atoms with Crippen LogP contribution in [0, 0.1) is 0 Å². The maximum atomic E-state index is 12.6. The normalized spacial score (nSPS) is 11.1. The zero-order valence-corrected chi connectivity index (χ0v) is 16.9. The van der Waals surface area contributed by atoms with Gasteiger partial charge in [0.2, 0.25) is 0 Å². The summed E-state index contributed by atoms with van der Waals surface area (Å²) in [6, 6.07) is 19.3. The smallest absolute Gasteiger partial charge is 0.261 e. The third-order valence-corrected chi connectivity index (χ3v) is 5.85. The summed E-state index contributed by atoms with van der Waals surface area (Å²) in [5, 5.41) is 3.67. The summed E-state index contributed by atoms with van der Waals surface area (Å²) in [5.41, 5.74) is 1.37. The minimum Gasteiger partial charge on any atom is -0.348 e. The number of para-hydroxylation sites is 1. The van der Waals surface area contributed by atoms with Crippen molar-refractivity contribution < 1.29 is 13.2 Å². The average Bonchev–Trinajstić information content (AvgIpc) is 2.67. The van der Waals surface area contributed by atoms with Crippen molar-refractivity contribution in [3.8, 4) is 0 Å². The fourth-order valence-electron chi connectivity index (χ4n) is 2.47. The summed E-state index contributed by atoms with van der Waals surface area (Å²) in [4.78, 5) is 12.4. The third kappa shape index (κ3) is 5.04. The summed E-state index contributed by atoms with van der Waals surface area (Å²) >= 11 is 12.0. The molecule has 8 heteroatoms. The van der Waals surface area contributed by atoms with Gasteiger partial charge in [0.25, 0.3) is 15.9 Å². The molecule has 0 aliphatic carbocycles. The van der Waals surface area contributed by atoms with E-state index in [4.69, 9.17) is 23.2 Å². The quantitative estimate of drug-likeness (QED) is 0.588. The van der Waals surface area contributed by atoms with E-state index in [1.54, 1.807) is 54.6 Å². The van der Waals surface area contributed by atoms with E-state index in [1.807, 2.05) is 0 Å². The number of sulfonamides is 1. The molecular weight excluding hydrogens is 419 g/mol. The summed E-state index contributed by atoms with van der Waals surface area (Å²) < 4.78 is 27.6. The lowest BCUT2D eigenvalue weighted by Gasteiger charge is -2.10. The van der Waals surface area contributed by atoms with Crippen LogP contribution < -0.4 is 10.0 Å². The van der Waals surface area contributed by atoms with Crippen LogP contribution in [0.25, 0.3) is 0 Å². The van der Waals surface area contributed by atoms with E-state index in [9.17, 15) is 13.2 Å². The van der Waals surface area contributed by atoms with E-state index in [-0.39, 0.29) is 17.0 Å². The molecule has 3 aromatic rings. The molecule has 0 radical (unpaired) electrons. The van der Waals surface area contributed by atoms with Gasteiger partial charge in [0.1, 0.15) is 0 Å². The van der Waals surface area contributed by atoms with Crippen molar-refractivity contribution in [2.45, 2.75) is 11.4 Å². The number of benzene rings is 3. The molecule has 0 aliphatic rings. The van der Waals surface area contributed by atoms with Crippen LogP contribution in [0.5, 0.6) is 0 Å². The van der Waals surface area contributed by atoms with Gasteiger partial charge in [-0.05, 0) is 48.0 Å². The summed E-state index contributed by atoms with van der Waals surface area (Å²) in [6.07, 6.45) is 0. The molecule has 3 rings (SSSR count). The van der Waals surface area contributed by atoms with Gasteiger partial charge in [-0.15, -0.1) is 0 Å². The number of hydrogen-bond acceptors (Lipinski definition) is 3. The van der Waals surface area contributed by atoms with Crippen LogP contribution in [0.15, 0.2) is 77.7 Å². The number of rotatable bonds is 6. The van der Waals surface area contributed by atoms with E-state index in [1.165, 1.54) is 18.2 Å². The van der Waals surface area contributed by atoms with Gasteiger partial charge in [-0.2, -0.15) is 0 Å². The highest BCUT2D eigenvalue weighted by atomic mass is 35.5. The van der Waals surface area contributed by atoms with Gasteiger partial charge < -0.3 is 5.32 Å². The number of nitrogens with one attached hydrogen (secondary N) is 2. The fraction of sp³-hybridized carbons (Fsp3) is 0.0500. The van der Waals surface area contributed by atoms with E-state index in [2.05, 4.69) is 10.0 Å². The van der Waals surface area contributed by atoms with Gasteiger partial charge in [-0.3, -0.25) is 9.52 Å². The van der Waals surface area contributed by atoms with Gasteiger partial charge in [0.05, 0.1) is 4.90 Å². The predicted octanol–water partition coefficient (Wildman–Crippen LogP) is 4.72. The van der Waals surface area contributed by atoms with Gasteiger partial charge >= 0.3 is 0 Å². The lowest BCUT2D eigenvalue weighted by atomic mass is 10.2. The Morgan fingerprint density at radius 3 is 2.36 bits per heavy atom. The molecule has 0 unspecified atom stereocenters. The average molecular weight is 435 g/mol. The Morgan fingerprint density at radius 1 is 0.893 bits per heavy atom. The minimum atomic E-state index is -3.81. The van der Waals surface area contributed by atoms with Gasteiger partial charge in [-0.1, -0.05) is 53.5 Å². The van der Waals surface area contributed by atoms with Gasteiger partial charge in [0, 0.05) is 27.8 Å². The molecule has 0 saturated carbocycles. The highest BCUT2D eigenvalue weighted by Crippen LogP contribution is 2.21. The molecule has 0 fully saturated rings. The fourth-order valence-corrected chi connectivity index (χ4v) is 4.05. The Kier molecular flexibility index (Phi) is 6.24. The number of halogens is 2. The molecule has 5 nitrogen and oxygen atoms in total. The molecule has 0 atom stereocenters. The van der Waals surface area contributed by atoms with Crippen molar-refractivity contribution in [2.24, 2.45) is 0 Å². The molecule has 144 valence electrons. The maximum absolute atomic E-state index is 12.6. The van der Waals surface area contributed by atoms with Crippen LogP contribution in [-0.2, 0) is 16.6 Å². The van der Waals surface area contributed by atoms with Gasteiger partial charge in [-0.25, -0.2) is 8.42 Å². The molecule has 0 bridgehead atoms. The van der Waals surface area contributed by atoms with Crippen molar-refractivity contribution >= 4 is 44.8 Å². The molecule has 3 aromatic carbocycles. The van der Waals surface area contributed by atoms with Crippen molar-refractivity contribution in [2.75, 3.05) is 4.72 Å². The highest BCUT2D eigenvalue weighted by Gasteiger charge is 2.16. The van der Waals surface area contributed by atoms with E-state index in [0.29, 0.717) is 21.3 Å². The SMILES string of the molecule is O=C(NCc1ccc(Cl)cc1Cl)c1cccc(S(=O)(=O)Nc2ccccc2)c1. The molecule has 28 heavy (non-hydrogen) atoms. The maximum Gasteiger partial charge on any atom is 0.261 e. The van der Waals surface area contributed by atoms with Crippen LogP contribution in [0.2, 0.25) is 10.0 Å². The molecule has 0 aromatic heterocycles. The zero-order chi connectivity index (χ0) is 20.1. The Hall–Kier alpha value is -2.54. The second-order valence-electron chi connectivity index (χ2n) is 5.92. The monoisotopic (exact) mass is 434 g/mol. The van der Waals surface area contributed by atoms with Crippen LogP contribution in [0.4, 0.5) is 5.69 Å². The standard InChI is InChI=1S/C20H16Cl2N2O3S/c21-16-10-9-15(19(22)12-16)13-23-20(25)14-5-4-8-18(11-14)28(26,27)24-17-6-2-1-3-7-17/h1-12,24H,13H2,(H,23,25). The Morgan fingerprint density at radius 2 is 1.64 bits per heavy atom. The zero-order valence-electron chi connectivity index (χ0n) is 14.5. The molecule has 0 spiro atoms. The highest BCUT2D eigenvalue weighted by molar-refractivity contribution is 7.92. The van der Waals surface area contributed by atoms with E-state index in [0.717, 1.165) is 0 Å². The molecule has 0 saturated heterocycles. The molecule has 0 heterocycles. The van der Waals surface area contributed by atoms with Gasteiger partial charge in [0.15, 0.2) is 0 Å². The molecule has 1 amide bonds. The second kappa shape index (κ2) is 8.65. The Balaban J connectivity index is 1.74. The van der Waals surface area contributed by atoms with E-state index < -0.39 is 15.9 Å². The number of anilines is 1.